The van der Waals surface area contributed by atoms with Gasteiger partial charge in [0.05, 0.1) is 0 Å². The zero-order chi connectivity index (χ0) is 8.41. The van der Waals surface area contributed by atoms with Gasteiger partial charge in [0.15, 0.2) is 9.76 Å². The highest BCUT2D eigenvalue weighted by molar-refractivity contribution is 7.82. The minimum absolute atomic E-state index is 0.195. The highest BCUT2D eigenvalue weighted by Crippen LogP contribution is 2.20. The van der Waals surface area contributed by atoms with Crippen molar-refractivity contribution in [3.8, 4) is 0 Å². The Morgan fingerprint density at radius 1 is 1.40 bits per heavy atom. The molecule has 0 aromatic carbocycles. The second kappa shape index (κ2) is 2.98. The van der Waals surface area contributed by atoms with Gasteiger partial charge in [-0.25, -0.2) is 0 Å². The minimum atomic E-state index is -4.70. The quantitative estimate of drug-likeness (QED) is 0.466. The molecule has 10 heavy (non-hydrogen) atoms. The van der Waals surface area contributed by atoms with Crippen molar-refractivity contribution >= 4 is 20.3 Å². The third kappa shape index (κ3) is 8.06. The molecule has 0 saturated heterocycles. The molecule has 0 unspecified atom stereocenters. The Labute approximate surface area is 62.9 Å². The highest BCUT2D eigenvalue weighted by Gasteiger charge is 2.17. The normalized spacial score (nSPS) is 14.8. The third-order valence-electron chi connectivity index (χ3n) is 0.633. The average molecular weight is 186 g/mol. The lowest BCUT2D eigenvalue weighted by Gasteiger charge is -2.13. The first kappa shape index (κ1) is 10.1. The summed E-state index contributed by atoms with van der Waals surface area (Å²) in [4.78, 5) is 0. The topological polar surface area (TPSA) is 43.4 Å². The van der Waals surface area contributed by atoms with Gasteiger partial charge >= 0.3 is 10.5 Å². The van der Waals surface area contributed by atoms with Crippen LogP contribution >= 0.6 is 0 Å². The first-order valence-electron chi connectivity index (χ1n) is 2.80. The van der Waals surface area contributed by atoms with Gasteiger partial charge in [0.25, 0.3) is 0 Å². The Morgan fingerprint density at radius 2 is 1.80 bits per heavy atom. The summed E-state index contributed by atoms with van der Waals surface area (Å²) >= 11 is 0. The van der Waals surface area contributed by atoms with Crippen molar-refractivity contribution in [2.45, 2.75) is 25.8 Å². The van der Waals surface area contributed by atoms with E-state index in [1.807, 2.05) is 20.8 Å². The van der Waals surface area contributed by atoms with Crippen LogP contribution in [0.4, 0.5) is 3.89 Å². The molecule has 0 amide bonds. The lowest BCUT2D eigenvalue weighted by Crippen LogP contribution is -2.14. The molecule has 0 bridgehead atoms. The summed E-state index contributed by atoms with van der Waals surface area (Å²) in [6, 6.07) is 0. The van der Waals surface area contributed by atoms with Gasteiger partial charge in [-0.15, -0.1) is 0 Å². The van der Waals surface area contributed by atoms with Crippen LogP contribution in [0.1, 0.15) is 20.8 Å². The van der Waals surface area contributed by atoms with Crippen LogP contribution in [0.5, 0.6) is 0 Å². The predicted molar refractivity (Wildman–Crippen MR) is 39.4 cm³/mol. The van der Waals surface area contributed by atoms with Crippen LogP contribution in [-0.4, -0.2) is 18.2 Å². The van der Waals surface area contributed by atoms with Crippen molar-refractivity contribution in [3.05, 3.63) is 0 Å². The Morgan fingerprint density at radius 3 is 1.90 bits per heavy atom. The van der Waals surface area contributed by atoms with Crippen LogP contribution < -0.4 is 0 Å². The molecule has 0 aliphatic heterocycles. The van der Waals surface area contributed by atoms with E-state index in [0.29, 0.717) is 0 Å². The summed E-state index contributed by atoms with van der Waals surface area (Å²) in [5, 5.41) is -0.195. The standard InChI is InChI=1S/C4H11FO3SSi/c1-4(2,3)10-8-9(5,6)7/h10H2,1-3H3. The molecule has 0 atom stereocenters. The van der Waals surface area contributed by atoms with E-state index in [4.69, 9.17) is 0 Å². The molecule has 0 aromatic rings. The maximum absolute atomic E-state index is 11.7. The first-order chi connectivity index (χ1) is 4.21. The molecule has 0 saturated carbocycles. The molecule has 3 nitrogen and oxygen atoms in total. The van der Waals surface area contributed by atoms with Crippen LogP contribution in [0, 0.1) is 0 Å². The highest BCUT2D eigenvalue weighted by atomic mass is 32.3. The van der Waals surface area contributed by atoms with Gasteiger partial charge in [0, 0.05) is 0 Å². The Balaban J connectivity index is 3.79. The summed E-state index contributed by atoms with van der Waals surface area (Å²) in [5.74, 6) is 0. The van der Waals surface area contributed by atoms with Gasteiger partial charge in [-0.3, -0.25) is 3.87 Å². The molecule has 0 fully saturated rings. The molecule has 0 aromatic heterocycles. The zero-order valence-corrected chi connectivity index (χ0v) is 8.45. The van der Waals surface area contributed by atoms with Gasteiger partial charge in [-0.2, -0.15) is 8.42 Å². The SMILES string of the molecule is CC(C)(C)[SiH2]OS(=O)(=O)F. The molecule has 0 aliphatic rings. The van der Waals surface area contributed by atoms with Crippen molar-refractivity contribution in [1.29, 1.82) is 0 Å². The molecule has 0 heterocycles. The molecule has 0 aliphatic carbocycles. The number of hydrogen-bond donors (Lipinski definition) is 0. The van der Waals surface area contributed by atoms with E-state index in [0.717, 1.165) is 0 Å². The molecule has 0 spiro atoms. The Hall–Kier alpha value is 0.0569. The number of hydrogen-bond acceptors (Lipinski definition) is 3. The van der Waals surface area contributed by atoms with Crippen LogP contribution in [-0.2, 0) is 14.4 Å². The lowest BCUT2D eigenvalue weighted by atomic mass is 10.3. The van der Waals surface area contributed by atoms with Crippen LogP contribution in [0.15, 0.2) is 0 Å². The monoisotopic (exact) mass is 186 g/mol. The van der Waals surface area contributed by atoms with Gasteiger partial charge in [-0.05, 0) is 5.04 Å². The summed E-state index contributed by atoms with van der Waals surface area (Å²) in [6.45, 7) is 5.43. The van der Waals surface area contributed by atoms with Crippen LogP contribution in [0.2, 0.25) is 5.04 Å². The molecule has 0 N–H and O–H groups in total. The van der Waals surface area contributed by atoms with Crippen molar-refractivity contribution in [2.75, 3.05) is 0 Å². The van der Waals surface area contributed by atoms with Crippen LogP contribution in [0.3, 0.4) is 0 Å². The molecule has 0 radical (unpaired) electrons. The van der Waals surface area contributed by atoms with E-state index < -0.39 is 20.3 Å². The van der Waals surface area contributed by atoms with Gasteiger partial charge in [-0.1, -0.05) is 24.7 Å². The smallest absolute Gasteiger partial charge is 0.298 e. The van der Waals surface area contributed by atoms with Gasteiger partial charge in [0.2, 0.25) is 0 Å². The maximum Gasteiger partial charge on any atom is 0.427 e. The Kier molecular flexibility index (Phi) is 2.99. The van der Waals surface area contributed by atoms with Crippen molar-refractivity contribution in [2.24, 2.45) is 0 Å². The fraction of sp³-hybridized carbons (Fsp3) is 1.00. The fourth-order valence-corrected chi connectivity index (χ4v) is 2.22. The second-order valence-electron chi connectivity index (χ2n) is 3.22. The van der Waals surface area contributed by atoms with Crippen molar-refractivity contribution in [1.82, 2.24) is 0 Å². The second-order valence-corrected chi connectivity index (χ2v) is 7.35. The van der Waals surface area contributed by atoms with E-state index in [2.05, 4.69) is 3.87 Å². The molecule has 0 rings (SSSR count). The fourth-order valence-electron chi connectivity index (χ4n) is 0.247. The molecular formula is C4H11FO3SSi. The summed E-state index contributed by atoms with van der Waals surface area (Å²) < 4.78 is 35.4. The summed E-state index contributed by atoms with van der Waals surface area (Å²) in [7, 11) is -6.01. The largest absolute Gasteiger partial charge is 0.427 e. The zero-order valence-electron chi connectivity index (χ0n) is 6.22. The summed E-state index contributed by atoms with van der Waals surface area (Å²) in [5.41, 5.74) is 0. The number of halogens is 1. The van der Waals surface area contributed by atoms with E-state index in [1.54, 1.807) is 0 Å². The van der Waals surface area contributed by atoms with Gasteiger partial charge < -0.3 is 0 Å². The Bertz CT molecular complexity index is 193. The van der Waals surface area contributed by atoms with E-state index in [9.17, 15) is 12.3 Å². The molecular weight excluding hydrogens is 175 g/mol. The number of rotatable bonds is 2. The third-order valence-corrected chi connectivity index (χ3v) is 3.10. The van der Waals surface area contributed by atoms with E-state index >= 15 is 0 Å². The summed E-state index contributed by atoms with van der Waals surface area (Å²) in [6.07, 6.45) is 0. The lowest BCUT2D eigenvalue weighted by molar-refractivity contribution is 0.440. The van der Waals surface area contributed by atoms with Crippen LogP contribution in [0.25, 0.3) is 0 Å². The average Bonchev–Trinajstić information content (AvgIpc) is 1.57. The van der Waals surface area contributed by atoms with E-state index in [-0.39, 0.29) is 5.04 Å². The van der Waals surface area contributed by atoms with Crippen molar-refractivity contribution in [3.63, 3.8) is 0 Å². The van der Waals surface area contributed by atoms with Gasteiger partial charge in [0.1, 0.15) is 0 Å². The van der Waals surface area contributed by atoms with Crippen molar-refractivity contribution < 1.29 is 16.2 Å². The predicted octanol–water partition coefficient (Wildman–Crippen LogP) is 0.519. The minimum Gasteiger partial charge on any atom is -0.298 e. The first-order valence-corrected chi connectivity index (χ1v) is 5.39. The maximum atomic E-state index is 11.7. The van der Waals surface area contributed by atoms with E-state index in [1.165, 1.54) is 0 Å². The molecule has 6 heteroatoms. The molecule has 62 valence electrons.